The van der Waals surface area contributed by atoms with Gasteiger partial charge in [-0.3, -0.25) is 0 Å². The molecule has 1 saturated heterocycles. The van der Waals surface area contributed by atoms with Gasteiger partial charge in [-0.2, -0.15) is 0 Å². The number of hydrogen-bond acceptors (Lipinski definition) is 8. The van der Waals surface area contributed by atoms with Crippen molar-refractivity contribution in [1.29, 1.82) is 0 Å². The van der Waals surface area contributed by atoms with Gasteiger partial charge in [0.05, 0.1) is 13.9 Å². The van der Waals surface area contributed by atoms with Crippen molar-refractivity contribution in [3.8, 4) is 0 Å². The zero-order valence-corrected chi connectivity index (χ0v) is 14.6. The Kier molecular flexibility index (Phi) is 10.4. The van der Waals surface area contributed by atoms with E-state index in [4.69, 9.17) is 4.74 Å². The Labute approximate surface area is 142 Å². The van der Waals surface area contributed by atoms with Crippen molar-refractivity contribution in [2.24, 2.45) is 0 Å². The van der Waals surface area contributed by atoms with Crippen LogP contribution >= 0.6 is 7.82 Å². The Morgan fingerprint density at radius 2 is 1.59 bits per heavy atom. The van der Waals surface area contributed by atoms with E-state index in [0.29, 0.717) is 0 Å². The molecule has 0 aromatic heterocycles. The van der Waals surface area contributed by atoms with E-state index in [1.807, 2.05) is 0 Å². The van der Waals surface area contributed by atoms with Gasteiger partial charge < -0.3 is 38.9 Å². The Morgan fingerprint density at radius 1 is 1.12 bits per heavy atom. The Morgan fingerprint density at radius 3 is 2.00 bits per heavy atom. The van der Waals surface area contributed by atoms with Crippen LogP contribution in [0.2, 0.25) is 0 Å². The molecule has 1 heterocycles. The molecule has 1 fully saturated rings. The fourth-order valence-electron chi connectivity index (χ4n) is 1.23. The second-order valence-electron chi connectivity index (χ2n) is 3.23. The van der Waals surface area contributed by atoms with Gasteiger partial charge in [0.15, 0.2) is 6.29 Å². The minimum Gasteiger partial charge on any atom is -0.790 e. The van der Waals surface area contributed by atoms with E-state index in [-0.39, 0.29) is 59.1 Å². The molecule has 0 bridgehead atoms. The van der Waals surface area contributed by atoms with Gasteiger partial charge in [0, 0.05) is 0 Å². The average Bonchev–Trinajstić information content (AvgIpc) is 2.08. The fourth-order valence-corrected chi connectivity index (χ4v) is 1.66. The summed E-state index contributed by atoms with van der Waals surface area (Å²) in [5.41, 5.74) is 0. The van der Waals surface area contributed by atoms with Gasteiger partial charge in [-0.1, -0.05) is 0 Å². The van der Waals surface area contributed by atoms with Gasteiger partial charge >= 0.3 is 59.1 Å². The molecule has 0 radical (unpaired) electrons. The van der Waals surface area contributed by atoms with Crippen LogP contribution in [0.5, 0.6) is 0 Å². The van der Waals surface area contributed by atoms with Crippen LogP contribution < -0.4 is 68.9 Å². The smallest absolute Gasteiger partial charge is 0.790 e. The zero-order chi connectivity index (χ0) is 11.8. The molecule has 0 aromatic carbocycles. The van der Waals surface area contributed by atoms with Crippen LogP contribution in [0.25, 0.3) is 0 Å². The van der Waals surface area contributed by atoms with E-state index in [9.17, 15) is 29.7 Å². The molecule has 0 amide bonds. The summed E-state index contributed by atoms with van der Waals surface area (Å²) in [6.07, 6.45) is -7.56. The molecule has 3 N–H and O–H groups in total. The number of aliphatic hydroxyl groups excluding tert-OH is 3. The Bertz CT molecular complexity index is 273. The molecule has 1 aliphatic rings. The quantitative estimate of drug-likeness (QED) is 0.336. The van der Waals surface area contributed by atoms with Crippen molar-refractivity contribution >= 4 is 7.82 Å². The summed E-state index contributed by atoms with van der Waals surface area (Å²) >= 11 is 0. The number of phosphoric acid groups is 1. The topological polar surface area (TPSA) is 142 Å². The molecule has 8 nitrogen and oxygen atoms in total. The predicted octanol–water partition coefficient (Wildman–Crippen LogP) is -9.33. The summed E-state index contributed by atoms with van der Waals surface area (Å²) in [4.78, 5) is 20.5. The maximum absolute atomic E-state index is 10.3. The van der Waals surface area contributed by atoms with Crippen LogP contribution in [0.4, 0.5) is 0 Å². The van der Waals surface area contributed by atoms with Crippen molar-refractivity contribution in [2.45, 2.75) is 37.6 Å². The number of phosphoric ester groups is 1. The molecule has 1 rings (SSSR count). The van der Waals surface area contributed by atoms with E-state index in [2.05, 4.69) is 4.52 Å². The maximum Gasteiger partial charge on any atom is 1.00 e. The molecule has 0 saturated carbocycles. The third kappa shape index (κ3) is 6.29. The molecule has 90 valence electrons. The molecule has 0 aromatic rings. The number of aliphatic hydroxyl groups is 3. The van der Waals surface area contributed by atoms with Gasteiger partial charge in [-0.15, -0.1) is 0 Å². The van der Waals surface area contributed by atoms with Crippen molar-refractivity contribution in [1.82, 2.24) is 0 Å². The van der Waals surface area contributed by atoms with Gasteiger partial charge in [0.25, 0.3) is 0 Å². The Balaban J connectivity index is 0. The van der Waals surface area contributed by atoms with E-state index in [1.54, 1.807) is 0 Å². The summed E-state index contributed by atoms with van der Waals surface area (Å²) in [6.45, 7) is 1.33. The van der Waals surface area contributed by atoms with Crippen LogP contribution in [-0.4, -0.2) is 46.0 Å². The molecule has 17 heavy (non-hydrogen) atoms. The largest absolute Gasteiger partial charge is 1.00 e. The first-order valence-electron chi connectivity index (χ1n) is 4.12. The van der Waals surface area contributed by atoms with E-state index < -0.39 is 38.5 Å². The minimum absolute atomic E-state index is 0. The van der Waals surface area contributed by atoms with Crippen molar-refractivity contribution < 1.29 is 98.0 Å². The summed E-state index contributed by atoms with van der Waals surface area (Å²) in [5, 5.41) is 27.7. The molecule has 0 aliphatic carbocycles. The predicted molar refractivity (Wildman–Crippen MR) is 41.0 cm³/mol. The molecule has 0 unspecified atom stereocenters. The van der Waals surface area contributed by atoms with Crippen LogP contribution in [0.15, 0.2) is 0 Å². The minimum atomic E-state index is -5.32. The molecule has 5 atom stereocenters. The molecular weight excluding hydrogens is 277 g/mol. The van der Waals surface area contributed by atoms with Crippen LogP contribution in [0.1, 0.15) is 6.92 Å². The fraction of sp³-hybridized carbons (Fsp3) is 1.00. The third-order valence-corrected chi connectivity index (χ3v) is 2.51. The van der Waals surface area contributed by atoms with E-state index in [0.717, 1.165) is 0 Å². The first kappa shape index (κ1) is 21.3. The van der Waals surface area contributed by atoms with Gasteiger partial charge in [-0.25, -0.2) is 0 Å². The second kappa shape index (κ2) is 8.28. The number of rotatable bonds is 2. The normalized spacial score (nSPS) is 37.9. The zero-order valence-electron chi connectivity index (χ0n) is 9.72. The third-order valence-electron chi connectivity index (χ3n) is 2.04. The van der Waals surface area contributed by atoms with Gasteiger partial charge in [0.2, 0.25) is 0 Å². The standard InChI is InChI=1S/C6H13O8P.2Na/c1-2-3(7)4(8)5(9)6(13-2)14-15(10,11)12;;/h2-9H,1H3,(H2,10,11,12);;/q;2*+1/p-2/t2-,3-,4+,5-,6+;;/m1../s1. The van der Waals surface area contributed by atoms with Crippen molar-refractivity contribution in [3.63, 3.8) is 0 Å². The molecule has 1 aliphatic heterocycles. The SMILES string of the molecule is C[C@H]1O[C@@H](OP(=O)([O-])[O-])[C@H](O)[C@@H](O)[C@@H]1O.[Na+].[Na+]. The van der Waals surface area contributed by atoms with Crippen LogP contribution in [-0.2, 0) is 13.8 Å². The van der Waals surface area contributed by atoms with Crippen LogP contribution in [0, 0.1) is 0 Å². The number of ether oxygens (including phenoxy) is 1. The first-order chi connectivity index (χ1) is 6.72. The summed E-state index contributed by atoms with van der Waals surface area (Å²) in [6, 6.07) is 0. The summed E-state index contributed by atoms with van der Waals surface area (Å²) < 4.78 is 18.8. The molecule has 11 heteroatoms. The Hall–Kier alpha value is 1.95. The first-order valence-corrected chi connectivity index (χ1v) is 5.58. The monoisotopic (exact) mass is 288 g/mol. The second-order valence-corrected chi connectivity index (χ2v) is 4.34. The van der Waals surface area contributed by atoms with Crippen molar-refractivity contribution in [2.75, 3.05) is 0 Å². The average molecular weight is 288 g/mol. The maximum atomic E-state index is 10.3. The van der Waals surface area contributed by atoms with E-state index in [1.165, 1.54) is 6.92 Å². The van der Waals surface area contributed by atoms with Crippen LogP contribution in [0.3, 0.4) is 0 Å². The van der Waals surface area contributed by atoms with Gasteiger partial charge in [-0.05, 0) is 6.92 Å². The molecule has 0 spiro atoms. The number of hydrogen-bond donors (Lipinski definition) is 3. The van der Waals surface area contributed by atoms with E-state index >= 15 is 0 Å². The van der Waals surface area contributed by atoms with Gasteiger partial charge in [0.1, 0.15) is 18.3 Å². The summed E-state index contributed by atoms with van der Waals surface area (Å²) in [7, 11) is -5.32. The molecular formula is C6H11Na2O8P. The summed E-state index contributed by atoms with van der Waals surface area (Å²) in [5.74, 6) is 0. The van der Waals surface area contributed by atoms with Crippen molar-refractivity contribution in [3.05, 3.63) is 0 Å².